The number of esters is 1. The third-order valence-electron chi connectivity index (χ3n) is 3.51. The van der Waals surface area contributed by atoms with Crippen molar-refractivity contribution in [3.8, 4) is 0 Å². The summed E-state index contributed by atoms with van der Waals surface area (Å²) in [7, 11) is -2.55. The van der Waals surface area contributed by atoms with Crippen LogP contribution in [0.15, 0.2) is 23.1 Å². The number of sulfonamides is 1. The summed E-state index contributed by atoms with van der Waals surface area (Å²) in [6.45, 7) is 0.972. The number of likely N-dealkylation sites (tertiary alicyclic amines) is 1. The fourth-order valence-electron chi connectivity index (χ4n) is 2.21. The zero-order valence-electron chi connectivity index (χ0n) is 12.5. The Kier molecular flexibility index (Phi) is 5.61. The van der Waals surface area contributed by atoms with Gasteiger partial charge in [0.2, 0.25) is 10.0 Å². The van der Waals surface area contributed by atoms with E-state index in [1.54, 1.807) is 4.90 Å². The Labute approximate surface area is 139 Å². The lowest BCUT2D eigenvalue weighted by Gasteiger charge is -2.15. The maximum atomic E-state index is 12.0. The van der Waals surface area contributed by atoms with Crippen LogP contribution in [-0.2, 0) is 19.6 Å². The minimum atomic E-state index is -3.79. The van der Waals surface area contributed by atoms with Gasteiger partial charge in [0.25, 0.3) is 5.91 Å². The Morgan fingerprint density at radius 2 is 1.96 bits per heavy atom. The van der Waals surface area contributed by atoms with E-state index in [-0.39, 0.29) is 28.0 Å². The van der Waals surface area contributed by atoms with Crippen LogP contribution in [0.1, 0.15) is 23.2 Å². The lowest BCUT2D eigenvalue weighted by molar-refractivity contribution is -0.133. The van der Waals surface area contributed by atoms with Gasteiger partial charge in [0.15, 0.2) is 6.61 Å². The van der Waals surface area contributed by atoms with E-state index in [1.165, 1.54) is 19.2 Å². The van der Waals surface area contributed by atoms with Crippen molar-refractivity contribution < 1.29 is 22.7 Å². The molecule has 1 aliphatic heterocycles. The van der Waals surface area contributed by atoms with Crippen LogP contribution >= 0.6 is 11.6 Å². The number of hydrogen-bond donors (Lipinski definition) is 1. The first-order chi connectivity index (χ1) is 10.8. The summed E-state index contributed by atoms with van der Waals surface area (Å²) >= 11 is 5.85. The van der Waals surface area contributed by atoms with Gasteiger partial charge in [-0.3, -0.25) is 4.79 Å². The number of carbonyl (C=O) groups is 2. The molecule has 1 heterocycles. The molecule has 1 fully saturated rings. The maximum Gasteiger partial charge on any atom is 0.338 e. The van der Waals surface area contributed by atoms with E-state index in [4.69, 9.17) is 16.3 Å². The number of benzene rings is 1. The average molecular weight is 361 g/mol. The third-order valence-corrected chi connectivity index (χ3v) is 5.41. The van der Waals surface area contributed by atoms with E-state index in [0.717, 1.165) is 18.9 Å². The third kappa shape index (κ3) is 4.21. The van der Waals surface area contributed by atoms with Gasteiger partial charge in [-0.15, -0.1) is 0 Å². The van der Waals surface area contributed by atoms with Gasteiger partial charge in [0.05, 0.1) is 10.6 Å². The van der Waals surface area contributed by atoms with Crippen molar-refractivity contribution >= 4 is 33.5 Å². The number of halogens is 1. The van der Waals surface area contributed by atoms with Crippen molar-refractivity contribution in [2.24, 2.45) is 0 Å². The molecule has 1 aromatic carbocycles. The van der Waals surface area contributed by atoms with Crippen LogP contribution in [0.3, 0.4) is 0 Å². The maximum absolute atomic E-state index is 12.0. The molecule has 0 bridgehead atoms. The SMILES string of the molecule is CNS(=O)(=O)c1cc(C(=O)OCC(=O)N2CCCC2)ccc1Cl. The Hall–Kier alpha value is -1.64. The predicted octanol–water partition coefficient (Wildman–Crippen LogP) is 1.03. The van der Waals surface area contributed by atoms with E-state index in [0.29, 0.717) is 13.1 Å². The fraction of sp³-hybridized carbons (Fsp3) is 0.429. The lowest BCUT2D eigenvalue weighted by Crippen LogP contribution is -2.32. The number of hydrogen-bond acceptors (Lipinski definition) is 5. The zero-order valence-corrected chi connectivity index (χ0v) is 14.1. The largest absolute Gasteiger partial charge is 0.452 e. The monoisotopic (exact) mass is 360 g/mol. The van der Waals surface area contributed by atoms with Gasteiger partial charge in [-0.1, -0.05) is 11.6 Å². The van der Waals surface area contributed by atoms with Crippen molar-refractivity contribution in [3.63, 3.8) is 0 Å². The fourth-order valence-corrected chi connectivity index (χ4v) is 3.46. The molecule has 126 valence electrons. The molecule has 1 N–H and O–H groups in total. The first-order valence-corrected chi connectivity index (χ1v) is 8.89. The summed E-state index contributed by atoms with van der Waals surface area (Å²) in [5, 5.41) is -0.0101. The predicted molar refractivity (Wildman–Crippen MR) is 83.8 cm³/mol. The Morgan fingerprint density at radius 3 is 2.57 bits per heavy atom. The zero-order chi connectivity index (χ0) is 17.0. The van der Waals surface area contributed by atoms with E-state index in [2.05, 4.69) is 4.72 Å². The van der Waals surface area contributed by atoms with Crippen LogP contribution in [0.2, 0.25) is 5.02 Å². The minimum Gasteiger partial charge on any atom is -0.452 e. The average Bonchev–Trinajstić information content (AvgIpc) is 3.07. The Bertz CT molecular complexity index is 714. The molecule has 7 nitrogen and oxygen atoms in total. The number of nitrogens with zero attached hydrogens (tertiary/aromatic N) is 1. The molecule has 23 heavy (non-hydrogen) atoms. The summed E-state index contributed by atoms with van der Waals surface area (Å²) in [6, 6.07) is 3.77. The highest BCUT2D eigenvalue weighted by Crippen LogP contribution is 2.22. The second kappa shape index (κ2) is 7.29. The molecule has 0 atom stereocenters. The van der Waals surface area contributed by atoms with Gasteiger partial charge in [-0.2, -0.15) is 0 Å². The van der Waals surface area contributed by atoms with Crippen LogP contribution < -0.4 is 4.72 Å². The number of rotatable bonds is 5. The molecule has 9 heteroatoms. The van der Waals surface area contributed by atoms with Crippen molar-refractivity contribution in [1.82, 2.24) is 9.62 Å². The lowest BCUT2D eigenvalue weighted by atomic mass is 10.2. The number of carbonyl (C=O) groups excluding carboxylic acids is 2. The van der Waals surface area contributed by atoms with Gasteiger partial charge < -0.3 is 9.64 Å². The van der Waals surface area contributed by atoms with E-state index in [1.807, 2.05) is 0 Å². The normalized spacial score (nSPS) is 14.8. The summed E-state index contributed by atoms with van der Waals surface area (Å²) in [5.41, 5.74) is 0.0115. The molecular weight excluding hydrogens is 344 g/mol. The summed E-state index contributed by atoms with van der Waals surface area (Å²) in [6.07, 6.45) is 1.89. The molecule has 0 unspecified atom stereocenters. The summed E-state index contributed by atoms with van der Waals surface area (Å²) < 4.78 is 30.7. The van der Waals surface area contributed by atoms with Crippen LogP contribution in [0.25, 0.3) is 0 Å². The molecular formula is C14H17ClN2O5S. The van der Waals surface area contributed by atoms with Crippen molar-refractivity contribution in [2.75, 3.05) is 26.7 Å². The smallest absolute Gasteiger partial charge is 0.338 e. The standard InChI is InChI=1S/C14H17ClN2O5S/c1-16-23(20,21)12-8-10(4-5-11(12)15)14(19)22-9-13(18)17-6-2-3-7-17/h4-5,8,16H,2-3,6-7,9H2,1H3. The first kappa shape index (κ1) is 17.7. The quantitative estimate of drug-likeness (QED) is 0.791. The highest BCUT2D eigenvalue weighted by atomic mass is 35.5. The van der Waals surface area contributed by atoms with Gasteiger partial charge in [-0.05, 0) is 38.1 Å². The molecule has 2 rings (SSSR count). The molecule has 0 aliphatic carbocycles. The van der Waals surface area contributed by atoms with Crippen LogP contribution in [-0.4, -0.2) is 51.9 Å². The van der Waals surface area contributed by atoms with Gasteiger partial charge >= 0.3 is 5.97 Å². The molecule has 1 saturated heterocycles. The molecule has 0 spiro atoms. The van der Waals surface area contributed by atoms with Crippen LogP contribution in [0.5, 0.6) is 0 Å². The van der Waals surface area contributed by atoms with Gasteiger partial charge in [0, 0.05) is 13.1 Å². The summed E-state index contributed by atoms with van der Waals surface area (Å²) in [4.78, 5) is 25.2. The number of amides is 1. The number of nitrogens with one attached hydrogen (secondary N) is 1. The highest BCUT2D eigenvalue weighted by Gasteiger charge is 2.22. The minimum absolute atomic E-state index is 0.0101. The molecule has 1 amide bonds. The molecule has 0 saturated carbocycles. The van der Waals surface area contributed by atoms with Gasteiger partial charge in [-0.25, -0.2) is 17.9 Å². The topological polar surface area (TPSA) is 92.8 Å². The molecule has 0 radical (unpaired) electrons. The van der Waals surface area contributed by atoms with Crippen molar-refractivity contribution in [2.45, 2.75) is 17.7 Å². The molecule has 0 aromatic heterocycles. The number of ether oxygens (including phenoxy) is 1. The Morgan fingerprint density at radius 1 is 1.30 bits per heavy atom. The first-order valence-electron chi connectivity index (χ1n) is 7.03. The second-order valence-electron chi connectivity index (χ2n) is 5.02. The van der Waals surface area contributed by atoms with E-state index >= 15 is 0 Å². The van der Waals surface area contributed by atoms with Crippen LogP contribution in [0, 0.1) is 0 Å². The molecule has 1 aromatic rings. The van der Waals surface area contributed by atoms with Crippen LogP contribution in [0.4, 0.5) is 0 Å². The summed E-state index contributed by atoms with van der Waals surface area (Å²) in [5.74, 6) is -1.03. The van der Waals surface area contributed by atoms with Crippen molar-refractivity contribution in [1.29, 1.82) is 0 Å². The van der Waals surface area contributed by atoms with Gasteiger partial charge in [0.1, 0.15) is 4.90 Å². The van der Waals surface area contributed by atoms with Crippen molar-refractivity contribution in [3.05, 3.63) is 28.8 Å². The Balaban J connectivity index is 2.08. The highest BCUT2D eigenvalue weighted by molar-refractivity contribution is 7.89. The second-order valence-corrected chi connectivity index (χ2v) is 7.28. The van der Waals surface area contributed by atoms with E-state index < -0.39 is 16.0 Å². The molecule has 1 aliphatic rings. The van der Waals surface area contributed by atoms with E-state index in [9.17, 15) is 18.0 Å².